The number of alkyl halides is 3. The molecule has 0 saturated heterocycles. The summed E-state index contributed by atoms with van der Waals surface area (Å²) in [6.45, 7) is 1.71. The van der Waals surface area contributed by atoms with Crippen LogP contribution in [-0.4, -0.2) is 25.0 Å². The lowest BCUT2D eigenvalue weighted by molar-refractivity contribution is -0.139. The molecule has 8 heteroatoms. The van der Waals surface area contributed by atoms with Crippen LogP contribution >= 0.6 is 0 Å². The maximum atomic E-state index is 13.1. The van der Waals surface area contributed by atoms with E-state index in [9.17, 15) is 18.0 Å². The highest BCUT2D eigenvalue weighted by Crippen LogP contribution is 2.37. The van der Waals surface area contributed by atoms with Gasteiger partial charge in [-0.05, 0) is 24.6 Å². The molecule has 1 aliphatic heterocycles. The number of amides is 1. The summed E-state index contributed by atoms with van der Waals surface area (Å²) in [6.07, 6.45) is -3.96. The SMILES string of the molecule is CCCOc1ccc(C2=NNC(=O)CO2)cc1C(F)(F)F. The van der Waals surface area contributed by atoms with Crippen molar-refractivity contribution >= 4 is 11.8 Å². The molecule has 0 atom stereocenters. The maximum Gasteiger partial charge on any atom is 0.419 e. The molecule has 5 nitrogen and oxygen atoms in total. The molecule has 1 N–H and O–H groups in total. The van der Waals surface area contributed by atoms with Gasteiger partial charge in [-0.3, -0.25) is 4.79 Å². The second kappa shape index (κ2) is 6.02. The van der Waals surface area contributed by atoms with Crippen molar-refractivity contribution in [3.63, 3.8) is 0 Å². The van der Waals surface area contributed by atoms with Gasteiger partial charge in [0.05, 0.1) is 12.2 Å². The first-order valence-corrected chi connectivity index (χ1v) is 6.25. The number of carbonyl (C=O) groups excluding carboxylic acids is 1. The van der Waals surface area contributed by atoms with E-state index in [0.717, 1.165) is 6.07 Å². The first-order chi connectivity index (χ1) is 9.91. The largest absolute Gasteiger partial charge is 0.493 e. The number of carbonyl (C=O) groups is 1. The van der Waals surface area contributed by atoms with Gasteiger partial charge in [0.1, 0.15) is 5.75 Å². The highest BCUT2D eigenvalue weighted by atomic mass is 19.4. The lowest BCUT2D eigenvalue weighted by Crippen LogP contribution is -2.32. The van der Waals surface area contributed by atoms with Crippen LogP contribution in [0, 0.1) is 0 Å². The zero-order valence-corrected chi connectivity index (χ0v) is 11.2. The van der Waals surface area contributed by atoms with Crippen molar-refractivity contribution in [3.05, 3.63) is 29.3 Å². The number of hydrogen-bond donors (Lipinski definition) is 1. The van der Waals surface area contributed by atoms with Gasteiger partial charge in [-0.2, -0.15) is 13.2 Å². The van der Waals surface area contributed by atoms with Gasteiger partial charge in [-0.15, -0.1) is 5.10 Å². The van der Waals surface area contributed by atoms with E-state index in [1.54, 1.807) is 6.92 Å². The van der Waals surface area contributed by atoms with Crippen molar-refractivity contribution < 1.29 is 27.4 Å². The third kappa shape index (κ3) is 3.65. The Morgan fingerprint density at radius 2 is 2.19 bits per heavy atom. The minimum Gasteiger partial charge on any atom is -0.493 e. The normalized spacial score (nSPS) is 15.0. The second-order valence-corrected chi connectivity index (χ2v) is 4.30. The van der Waals surface area contributed by atoms with Gasteiger partial charge in [-0.25, -0.2) is 5.43 Å². The number of nitrogens with zero attached hydrogens (tertiary/aromatic N) is 1. The van der Waals surface area contributed by atoms with Gasteiger partial charge in [0.15, 0.2) is 6.61 Å². The molecule has 0 bridgehead atoms. The van der Waals surface area contributed by atoms with Crippen molar-refractivity contribution in [2.45, 2.75) is 19.5 Å². The van der Waals surface area contributed by atoms with Crippen molar-refractivity contribution in [1.82, 2.24) is 5.43 Å². The number of hydrogen-bond acceptors (Lipinski definition) is 4. The molecule has 1 aromatic rings. The Hall–Kier alpha value is -2.25. The summed E-state index contributed by atoms with van der Waals surface area (Å²) in [5.41, 5.74) is 1.36. The van der Waals surface area contributed by atoms with Gasteiger partial charge >= 0.3 is 6.18 Å². The quantitative estimate of drug-likeness (QED) is 0.928. The first kappa shape index (κ1) is 15.1. The van der Waals surface area contributed by atoms with Crippen molar-refractivity contribution in [1.29, 1.82) is 0 Å². The molecule has 0 fully saturated rings. The highest BCUT2D eigenvalue weighted by molar-refractivity contribution is 5.98. The maximum absolute atomic E-state index is 13.1. The molecule has 2 rings (SSSR count). The lowest BCUT2D eigenvalue weighted by atomic mass is 10.1. The van der Waals surface area contributed by atoms with Crippen LogP contribution in [0.4, 0.5) is 13.2 Å². The van der Waals surface area contributed by atoms with Crippen LogP contribution < -0.4 is 10.2 Å². The predicted molar refractivity (Wildman–Crippen MR) is 67.9 cm³/mol. The molecule has 21 heavy (non-hydrogen) atoms. The molecule has 1 amide bonds. The predicted octanol–water partition coefficient (Wildman–Crippen LogP) is 2.30. The minimum absolute atomic E-state index is 0.0675. The molecule has 1 heterocycles. The number of nitrogens with one attached hydrogen (secondary N) is 1. The lowest BCUT2D eigenvalue weighted by Gasteiger charge is -2.17. The summed E-state index contributed by atoms with van der Waals surface area (Å²) in [4.78, 5) is 10.9. The van der Waals surface area contributed by atoms with Crippen LogP contribution in [0.1, 0.15) is 24.5 Å². The highest BCUT2D eigenvalue weighted by Gasteiger charge is 2.35. The van der Waals surface area contributed by atoms with E-state index in [0.29, 0.717) is 6.42 Å². The Kier molecular flexibility index (Phi) is 4.35. The number of rotatable bonds is 4. The number of hydrazone groups is 1. The first-order valence-electron chi connectivity index (χ1n) is 6.25. The summed E-state index contributed by atoms with van der Waals surface area (Å²) in [5.74, 6) is -0.770. The van der Waals surface area contributed by atoms with E-state index in [-0.39, 0.29) is 30.4 Å². The van der Waals surface area contributed by atoms with E-state index in [4.69, 9.17) is 9.47 Å². The molecule has 1 aliphatic rings. The Morgan fingerprint density at radius 3 is 2.76 bits per heavy atom. The Bertz CT molecular complexity index is 570. The molecule has 0 aromatic heterocycles. The number of ether oxygens (including phenoxy) is 2. The fourth-order valence-corrected chi connectivity index (χ4v) is 1.68. The minimum atomic E-state index is -4.56. The van der Waals surface area contributed by atoms with Crippen LogP contribution in [0.2, 0.25) is 0 Å². The molecule has 0 unspecified atom stereocenters. The third-order valence-corrected chi connectivity index (χ3v) is 2.62. The zero-order chi connectivity index (χ0) is 15.5. The summed E-state index contributed by atoms with van der Waals surface area (Å²) in [5, 5.41) is 3.58. The molecule has 0 saturated carbocycles. The molecular weight excluding hydrogens is 289 g/mol. The van der Waals surface area contributed by atoms with E-state index in [1.165, 1.54) is 12.1 Å². The topological polar surface area (TPSA) is 59.9 Å². The summed E-state index contributed by atoms with van der Waals surface area (Å²) in [7, 11) is 0. The summed E-state index contributed by atoms with van der Waals surface area (Å²) < 4.78 is 49.3. The summed E-state index contributed by atoms with van der Waals surface area (Å²) in [6, 6.07) is 3.51. The van der Waals surface area contributed by atoms with Gasteiger partial charge < -0.3 is 9.47 Å². The monoisotopic (exact) mass is 302 g/mol. The van der Waals surface area contributed by atoms with Crippen LogP contribution in [0.25, 0.3) is 0 Å². The molecule has 0 radical (unpaired) electrons. The van der Waals surface area contributed by atoms with Crippen LogP contribution in [0.5, 0.6) is 5.75 Å². The zero-order valence-electron chi connectivity index (χ0n) is 11.2. The van der Waals surface area contributed by atoms with Crippen molar-refractivity contribution in [2.75, 3.05) is 13.2 Å². The van der Waals surface area contributed by atoms with Crippen LogP contribution in [0.3, 0.4) is 0 Å². The molecule has 1 aromatic carbocycles. The number of halogens is 3. The van der Waals surface area contributed by atoms with Crippen molar-refractivity contribution in [2.24, 2.45) is 5.10 Å². The van der Waals surface area contributed by atoms with Gasteiger partial charge in [-0.1, -0.05) is 6.92 Å². The van der Waals surface area contributed by atoms with E-state index < -0.39 is 17.6 Å². The van der Waals surface area contributed by atoms with E-state index in [2.05, 4.69) is 10.5 Å². The van der Waals surface area contributed by atoms with Crippen LogP contribution in [-0.2, 0) is 15.7 Å². The third-order valence-electron chi connectivity index (χ3n) is 2.62. The second-order valence-electron chi connectivity index (χ2n) is 4.30. The Morgan fingerprint density at radius 1 is 1.43 bits per heavy atom. The molecule has 0 spiro atoms. The Labute approximate surface area is 118 Å². The van der Waals surface area contributed by atoms with E-state index in [1.807, 2.05) is 0 Å². The molecular formula is C13H13F3N2O3. The van der Waals surface area contributed by atoms with Crippen LogP contribution in [0.15, 0.2) is 23.3 Å². The summed E-state index contributed by atoms with van der Waals surface area (Å²) >= 11 is 0. The average molecular weight is 302 g/mol. The number of benzene rings is 1. The fraction of sp³-hybridized carbons (Fsp3) is 0.385. The van der Waals surface area contributed by atoms with E-state index >= 15 is 0 Å². The fourth-order valence-electron chi connectivity index (χ4n) is 1.68. The Balaban J connectivity index is 2.35. The molecule has 114 valence electrons. The van der Waals surface area contributed by atoms with Crippen molar-refractivity contribution in [3.8, 4) is 5.75 Å². The van der Waals surface area contributed by atoms with Gasteiger partial charge in [0, 0.05) is 5.56 Å². The van der Waals surface area contributed by atoms with Gasteiger partial charge in [0.2, 0.25) is 5.90 Å². The van der Waals surface area contributed by atoms with Gasteiger partial charge in [0.25, 0.3) is 5.91 Å². The standard InChI is InChI=1S/C13H13F3N2O3/c1-2-5-20-10-4-3-8(6-9(10)13(14,15)16)12-18-17-11(19)7-21-12/h3-4,6H,2,5,7H2,1H3,(H,17,19). The smallest absolute Gasteiger partial charge is 0.419 e. The molecule has 0 aliphatic carbocycles. The average Bonchev–Trinajstić information content (AvgIpc) is 2.45.